The van der Waals surface area contributed by atoms with Gasteiger partial charge in [-0.05, 0) is 31.5 Å². The highest BCUT2D eigenvalue weighted by atomic mass is 32.1. The van der Waals surface area contributed by atoms with Gasteiger partial charge >= 0.3 is 6.18 Å². The average molecular weight is 386 g/mol. The summed E-state index contributed by atoms with van der Waals surface area (Å²) in [6, 6.07) is 6.52. The molecule has 2 rings (SSSR count). The van der Waals surface area contributed by atoms with Crippen LogP contribution in [-0.4, -0.2) is 30.8 Å². The molecular weight excluding hydrogens is 365 g/mol. The first-order valence-corrected chi connectivity index (χ1v) is 8.74. The Morgan fingerprint density at radius 2 is 1.96 bits per heavy atom. The Hall–Kier alpha value is -2.29. The zero-order chi connectivity index (χ0) is 19.2. The molecule has 2 N–H and O–H groups in total. The number of nitrogens with one attached hydrogen (secondary N) is 2. The summed E-state index contributed by atoms with van der Waals surface area (Å²) in [5.74, 6) is 0.760. The van der Waals surface area contributed by atoms with E-state index in [1.54, 1.807) is 36.6 Å². The van der Waals surface area contributed by atoms with Gasteiger partial charge in [-0.2, -0.15) is 13.2 Å². The second-order valence-electron chi connectivity index (χ2n) is 5.58. The molecule has 26 heavy (non-hydrogen) atoms. The number of halogens is 3. The van der Waals surface area contributed by atoms with Crippen molar-refractivity contribution in [3.8, 4) is 5.75 Å². The van der Waals surface area contributed by atoms with Gasteiger partial charge in [0.25, 0.3) is 0 Å². The fraction of sp³-hybridized carbons (Fsp3) is 0.412. The Balaban J connectivity index is 1.85. The summed E-state index contributed by atoms with van der Waals surface area (Å²) < 4.78 is 41.4. The normalized spacial score (nSPS) is 12.2. The van der Waals surface area contributed by atoms with Crippen LogP contribution in [0.4, 0.5) is 13.2 Å². The molecule has 1 heterocycles. The van der Waals surface area contributed by atoms with Crippen molar-refractivity contribution in [1.29, 1.82) is 0 Å². The number of guanidine groups is 1. The molecule has 1 aromatic heterocycles. The number of nitrogens with zero attached hydrogens (tertiary/aromatic N) is 2. The largest absolute Gasteiger partial charge is 0.484 e. The van der Waals surface area contributed by atoms with Gasteiger partial charge in [-0.3, -0.25) is 4.99 Å². The SMILES string of the molecule is CN=C(NCc1cccc(OCC(F)(F)F)c1)NCc1nc(C)c(C)s1. The van der Waals surface area contributed by atoms with Crippen LogP contribution in [0.1, 0.15) is 21.1 Å². The Bertz CT molecular complexity index is 739. The van der Waals surface area contributed by atoms with Gasteiger partial charge < -0.3 is 15.4 Å². The van der Waals surface area contributed by atoms with E-state index in [9.17, 15) is 13.2 Å². The zero-order valence-electron chi connectivity index (χ0n) is 14.8. The van der Waals surface area contributed by atoms with Gasteiger partial charge in [0.05, 0.1) is 12.2 Å². The van der Waals surface area contributed by atoms with Crippen molar-refractivity contribution < 1.29 is 17.9 Å². The lowest BCUT2D eigenvalue weighted by molar-refractivity contribution is -0.153. The number of rotatable bonds is 6. The van der Waals surface area contributed by atoms with Crippen LogP contribution in [0.2, 0.25) is 0 Å². The second-order valence-corrected chi connectivity index (χ2v) is 6.87. The number of hydrogen-bond acceptors (Lipinski definition) is 4. The number of ether oxygens (including phenoxy) is 1. The molecule has 0 aliphatic carbocycles. The summed E-state index contributed by atoms with van der Waals surface area (Å²) in [6.07, 6.45) is -4.35. The molecule has 0 aliphatic rings. The van der Waals surface area contributed by atoms with E-state index in [4.69, 9.17) is 4.74 Å². The number of aliphatic imine (C=N–C) groups is 1. The van der Waals surface area contributed by atoms with Gasteiger partial charge in [0.2, 0.25) is 0 Å². The highest BCUT2D eigenvalue weighted by molar-refractivity contribution is 7.11. The Labute approximate surface area is 154 Å². The lowest BCUT2D eigenvalue weighted by Crippen LogP contribution is -2.36. The fourth-order valence-corrected chi connectivity index (χ4v) is 2.96. The maximum atomic E-state index is 12.2. The lowest BCUT2D eigenvalue weighted by Gasteiger charge is -2.13. The van der Waals surface area contributed by atoms with Gasteiger partial charge in [-0.1, -0.05) is 12.1 Å². The van der Waals surface area contributed by atoms with E-state index in [-0.39, 0.29) is 5.75 Å². The molecule has 0 atom stereocenters. The highest BCUT2D eigenvalue weighted by Crippen LogP contribution is 2.19. The van der Waals surface area contributed by atoms with E-state index in [0.29, 0.717) is 19.0 Å². The fourth-order valence-electron chi connectivity index (χ4n) is 2.09. The van der Waals surface area contributed by atoms with Crippen LogP contribution in [0.25, 0.3) is 0 Å². The molecule has 0 amide bonds. The summed E-state index contributed by atoms with van der Waals surface area (Å²) in [5, 5.41) is 7.24. The molecule has 0 saturated carbocycles. The summed E-state index contributed by atoms with van der Waals surface area (Å²) in [5.41, 5.74) is 1.80. The first-order valence-electron chi connectivity index (χ1n) is 7.93. The minimum atomic E-state index is -4.35. The molecule has 0 radical (unpaired) electrons. The van der Waals surface area contributed by atoms with E-state index in [1.807, 2.05) is 13.8 Å². The molecule has 9 heteroatoms. The summed E-state index contributed by atoms with van der Waals surface area (Å²) >= 11 is 1.63. The standard InChI is InChI=1S/C17H21F3N4OS/c1-11-12(2)26-15(24-11)9-23-16(21-3)22-8-13-5-4-6-14(7-13)25-10-17(18,19)20/h4-7H,8-10H2,1-3H3,(H2,21,22,23). The molecule has 0 aliphatic heterocycles. The molecule has 0 saturated heterocycles. The molecule has 1 aromatic carbocycles. The third-order valence-corrected chi connectivity index (χ3v) is 4.54. The number of aryl methyl sites for hydroxylation is 2. The average Bonchev–Trinajstić information content (AvgIpc) is 2.91. The van der Waals surface area contributed by atoms with Gasteiger partial charge in [0.1, 0.15) is 10.8 Å². The van der Waals surface area contributed by atoms with Gasteiger partial charge in [0, 0.05) is 18.5 Å². The van der Waals surface area contributed by atoms with Gasteiger partial charge in [-0.15, -0.1) is 11.3 Å². The molecule has 0 spiro atoms. The van der Waals surface area contributed by atoms with Crippen molar-refractivity contribution in [3.63, 3.8) is 0 Å². The van der Waals surface area contributed by atoms with Crippen LogP contribution in [0.3, 0.4) is 0 Å². The number of alkyl halides is 3. The van der Waals surface area contributed by atoms with Crippen LogP contribution in [0, 0.1) is 13.8 Å². The quantitative estimate of drug-likeness (QED) is 0.589. The zero-order valence-corrected chi connectivity index (χ0v) is 15.6. The van der Waals surface area contributed by atoms with Crippen LogP contribution in [0.15, 0.2) is 29.3 Å². The highest BCUT2D eigenvalue weighted by Gasteiger charge is 2.28. The van der Waals surface area contributed by atoms with Gasteiger partial charge in [-0.25, -0.2) is 4.98 Å². The molecule has 142 valence electrons. The summed E-state index contributed by atoms with van der Waals surface area (Å²) in [7, 11) is 1.65. The van der Waals surface area contributed by atoms with Crippen LogP contribution < -0.4 is 15.4 Å². The first kappa shape index (κ1) is 20.0. The van der Waals surface area contributed by atoms with E-state index in [2.05, 4.69) is 20.6 Å². The number of thiazole rings is 1. The van der Waals surface area contributed by atoms with Crippen LogP contribution >= 0.6 is 11.3 Å². The smallest absolute Gasteiger partial charge is 0.422 e. The third kappa shape index (κ3) is 6.55. The van der Waals surface area contributed by atoms with E-state index in [0.717, 1.165) is 16.3 Å². The maximum absolute atomic E-state index is 12.2. The molecule has 0 unspecified atom stereocenters. The summed E-state index contributed by atoms with van der Waals surface area (Å²) in [4.78, 5) is 9.76. The molecule has 5 nitrogen and oxygen atoms in total. The van der Waals surface area contributed by atoms with Gasteiger partial charge in [0.15, 0.2) is 12.6 Å². The monoisotopic (exact) mass is 386 g/mol. The second kappa shape index (κ2) is 8.88. The van der Waals surface area contributed by atoms with E-state index >= 15 is 0 Å². The first-order chi connectivity index (χ1) is 12.3. The van der Waals surface area contributed by atoms with Crippen molar-refractivity contribution in [2.24, 2.45) is 4.99 Å². The topological polar surface area (TPSA) is 58.5 Å². The maximum Gasteiger partial charge on any atom is 0.422 e. The predicted molar refractivity (Wildman–Crippen MR) is 96.6 cm³/mol. The summed E-state index contributed by atoms with van der Waals surface area (Å²) in [6.45, 7) is 3.64. The number of aromatic nitrogens is 1. The Kier molecular flexibility index (Phi) is 6.84. The minimum absolute atomic E-state index is 0.179. The van der Waals surface area contributed by atoms with Crippen LogP contribution in [-0.2, 0) is 13.1 Å². The number of benzene rings is 1. The van der Waals surface area contributed by atoms with Crippen molar-refractivity contribution in [2.45, 2.75) is 33.1 Å². The Morgan fingerprint density at radius 1 is 1.23 bits per heavy atom. The minimum Gasteiger partial charge on any atom is -0.484 e. The van der Waals surface area contributed by atoms with Crippen molar-refractivity contribution in [2.75, 3.05) is 13.7 Å². The predicted octanol–water partition coefficient (Wildman–Crippen LogP) is 3.57. The van der Waals surface area contributed by atoms with E-state index < -0.39 is 12.8 Å². The Morgan fingerprint density at radius 3 is 2.58 bits per heavy atom. The van der Waals surface area contributed by atoms with Crippen molar-refractivity contribution >= 4 is 17.3 Å². The number of hydrogen-bond donors (Lipinski definition) is 2. The molecule has 2 aromatic rings. The van der Waals surface area contributed by atoms with Crippen molar-refractivity contribution in [1.82, 2.24) is 15.6 Å². The lowest BCUT2D eigenvalue weighted by atomic mass is 10.2. The van der Waals surface area contributed by atoms with E-state index in [1.165, 1.54) is 10.9 Å². The van der Waals surface area contributed by atoms with Crippen molar-refractivity contribution in [3.05, 3.63) is 45.4 Å². The molecule has 0 fully saturated rings. The molecular formula is C17H21F3N4OS. The molecule has 0 bridgehead atoms. The van der Waals surface area contributed by atoms with Crippen LogP contribution in [0.5, 0.6) is 5.75 Å². The third-order valence-electron chi connectivity index (χ3n) is 3.46.